The molecule has 0 atom stereocenters. The Bertz CT molecular complexity index is 516. The number of carbonyl (C=O) groups excluding carboxylic acids is 2. The van der Waals surface area contributed by atoms with Crippen molar-refractivity contribution in [2.45, 2.75) is 6.04 Å². The van der Waals surface area contributed by atoms with Crippen LogP contribution in [0.3, 0.4) is 0 Å². The maximum atomic E-state index is 11.8. The first-order chi connectivity index (χ1) is 9.19. The van der Waals surface area contributed by atoms with Crippen LogP contribution < -0.4 is 15.6 Å². The van der Waals surface area contributed by atoms with Crippen LogP contribution in [0.1, 0.15) is 10.4 Å². The molecule has 5 nitrogen and oxygen atoms in total. The Labute approximate surface area is 110 Å². The van der Waals surface area contributed by atoms with Crippen molar-refractivity contribution in [3.63, 3.8) is 0 Å². The van der Waals surface area contributed by atoms with Crippen LogP contribution in [0.5, 0.6) is 5.75 Å². The number of ether oxygens (including phenoxy) is 1. The lowest BCUT2D eigenvalue weighted by atomic mass is 10.1. The Morgan fingerprint density at radius 1 is 1.16 bits per heavy atom. The van der Waals surface area contributed by atoms with Gasteiger partial charge in [-0.3, -0.25) is 15.0 Å². The van der Waals surface area contributed by atoms with Crippen LogP contribution in [0.4, 0.5) is 0 Å². The van der Waals surface area contributed by atoms with Gasteiger partial charge in [-0.1, -0.05) is 12.2 Å². The maximum absolute atomic E-state index is 11.8. The third kappa shape index (κ3) is 3.53. The molecule has 1 aliphatic rings. The van der Waals surface area contributed by atoms with Gasteiger partial charge >= 0.3 is 0 Å². The van der Waals surface area contributed by atoms with Crippen molar-refractivity contribution in [3.05, 3.63) is 54.1 Å². The Balaban J connectivity index is 1.88. The molecule has 19 heavy (non-hydrogen) atoms. The summed E-state index contributed by atoms with van der Waals surface area (Å²) in [5.41, 5.74) is 5.91. The summed E-state index contributed by atoms with van der Waals surface area (Å²) < 4.78 is 5.02. The summed E-state index contributed by atoms with van der Waals surface area (Å²) in [6.45, 7) is 0. The molecule has 5 heteroatoms. The maximum Gasteiger partial charge on any atom is 0.265 e. The predicted octanol–water partition coefficient (Wildman–Crippen LogP) is 0.993. The van der Waals surface area contributed by atoms with E-state index in [1.807, 2.05) is 0 Å². The summed E-state index contributed by atoms with van der Waals surface area (Å²) in [7, 11) is 1.57. The van der Waals surface area contributed by atoms with Crippen molar-refractivity contribution < 1.29 is 14.3 Å². The van der Waals surface area contributed by atoms with Crippen molar-refractivity contribution in [2.24, 2.45) is 0 Å². The second kappa shape index (κ2) is 5.97. The Kier molecular flexibility index (Phi) is 4.10. The van der Waals surface area contributed by atoms with Gasteiger partial charge in [0.15, 0.2) is 5.78 Å². The first-order valence-electron chi connectivity index (χ1n) is 5.79. The van der Waals surface area contributed by atoms with Gasteiger partial charge in [0.2, 0.25) is 0 Å². The molecule has 2 N–H and O–H groups in total. The van der Waals surface area contributed by atoms with E-state index in [0.717, 1.165) is 0 Å². The van der Waals surface area contributed by atoms with Gasteiger partial charge in [0.05, 0.1) is 13.2 Å². The van der Waals surface area contributed by atoms with Gasteiger partial charge < -0.3 is 4.74 Å². The minimum atomic E-state index is -0.249. The largest absolute Gasteiger partial charge is 0.497 e. The third-order valence-electron chi connectivity index (χ3n) is 2.64. The van der Waals surface area contributed by atoms with Crippen molar-refractivity contribution in [1.29, 1.82) is 0 Å². The molecule has 1 aromatic carbocycles. The van der Waals surface area contributed by atoms with Gasteiger partial charge in [-0.25, -0.2) is 5.43 Å². The number of amides is 1. The molecular weight excluding hydrogens is 244 g/mol. The van der Waals surface area contributed by atoms with Crippen LogP contribution in [-0.2, 0) is 4.79 Å². The zero-order valence-electron chi connectivity index (χ0n) is 10.4. The second-order valence-corrected chi connectivity index (χ2v) is 3.97. The van der Waals surface area contributed by atoms with E-state index in [1.165, 1.54) is 12.2 Å². The van der Waals surface area contributed by atoms with Gasteiger partial charge in [-0.15, -0.1) is 0 Å². The minimum Gasteiger partial charge on any atom is -0.497 e. The number of hydrogen-bond donors (Lipinski definition) is 2. The molecule has 0 fully saturated rings. The third-order valence-corrected chi connectivity index (χ3v) is 2.64. The van der Waals surface area contributed by atoms with Gasteiger partial charge in [-0.2, -0.15) is 0 Å². The van der Waals surface area contributed by atoms with E-state index in [1.54, 1.807) is 43.5 Å². The average Bonchev–Trinajstić information content (AvgIpc) is 2.46. The average molecular weight is 258 g/mol. The molecule has 0 heterocycles. The fraction of sp³-hybridized carbons (Fsp3) is 0.143. The molecule has 0 radical (unpaired) electrons. The lowest BCUT2D eigenvalue weighted by Gasteiger charge is -2.14. The first kappa shape index (κ1) is 13.0. The Hall–Kier alpha value is -2.40. The van der Waals surface area contributed by atoms with Crippen LogP contribution in [-0.4, -0.2) is 24.8 Å². The Morgan fingerprint density at radius 3 is 2.37 bits per heavy atom. The lowest BCUT2D eigenvalue weighted by molar-refractivity contribution is -0.110. The summed E-state index contributed by atoms with van der Waals surface area (Å²) in [5.74, 6) is 0.391. The first-order valence-corrected chi connectivity index (χ1v) is 5.79. The highest BCUT2D eigenvalue weighted by Gasteiger charge is 2.09. The van der Waals surface area contributed by atoms with Crippen molar-refractivity contribution in [3.8, 4) is 5.75 Å². The molecule has 0 aliphatic heterocycles. The van der Waals surface area contributed by atoms with Crippen LogP contribution in [0, 0.1) is 0 Å². The molecular formula is C14H14N2O3. The van der Waals surface area contributed by atoms with Crippen molar-refractivity contribution >= 4 is 11.7 Å². The number of carbonyl (C=O) groups is 2. The van der Waals surface area contributed by atoms with Crippen molar-refractivity contribution in [2.75, 3.05) is 7.11 Å². The number of methoxy groups -OCH3 is 1. The number of hydrogen-bond acceptors (Lipinski definition) is 4. The summed E-state index contributed by atoms with van der Waals surface area (Å²) in [4.78, 5) is 22.7. The number of nitrogens with one attached hydrogen (secondary N) is 2. The van der Waals surface area contributed by atoms with E-state index >= 15 is 0 Å². The highest BCUT2D eigenvalue weighted by Crippen LogP contribution is 2.10. The summed E-state index contributed by atoms with van der Waals surface area (Å²) >= 11 is 0. The SMILES string of the molecule is COc1ccc(C(=O)NNC2C=CC(=O)C=C2)cc1. The van der Waals surface area contributed by atoms with Gasteiger partial charge in [0.25, 0.3) is 5.91 Å². The molecule has 0 saturated carbocycles. The predicted molar refractivity (Wildman–Crippen MR) is 70.7 cm³/mol. The van der Waals surface area contributed by atoms with Gasteiger partial charge in [0, 0.05) is 5.56 Å². The summed E-state index contributed by atoms with van der Waals surface area (Å²) in [5, 5.41) is 0. The molecule has 1 amide bonds. The monoisotopic (exact) mass is 258 g/mol. The van der Waals surface area contributed by atoms with E-state index in [2.05, 4.69) is 10.9 Å². The van der Waals surface area contributed by atoms with Gasteiger partial charge in [-0.05, 0) is 36.4 Å². The van der Waals surface area contributed by atoms with E-state index in [4.69, 9.17) is 4.74 Å². The second-order valence-electron chi connectivity index (χ2n) is 3.97. The number of rotatable bonds is 4. The Morgan fingerprint density at radius 2 is 1.79 bits per heavy atom. The zero-order valence-corrected chi connectivity index (χ0v) is 10.4. The number of benzene rings is 1. The highest BCUT2D eigenvalue weighted by atomic mass is 16.5. The highest BCUT2D eigenvalue weighted by molar-refractivity contribution is 6.00. The molecule has 0 bridgehead atoms. The fourth-order valence-electron chi connectivity index (χ4n) is 1.58. The summed E-state index contributed by atoms with van der Waals surface area (Å²) in [6.07, 6.45) is 6.27. The fourth-order valence-corrected chi connectivity index (χ4v) is 1.58. The molecule has 0 unspecified atom stereocenters. The number of ketones is 1. The van der Waals surface area contributed by atoms with E-state index in [0.29, 0.717) is 11.3 Å². The van der Waals surface area contributed by atoms with E-state index in [-0.39, 0.29) is 17.7 Å². The molecule has 1 aromatic rings. The topological polar surface area (TPSA) is 67.4 Å². The van der Waals surface area contributed by atoms with E-state index in [9.17, 15) is 9.59 Å². The molecule has 98 valence electrons. The standard InChI is InChI=1S/C14H14N2O3/c1-19-13-8-2-10(3-9-13)14(18)16-15-11-4-6-12(17)7-5-11/h2-9,11,15H,1H3,(H,16,18). The molecule has 0 saturated heterocycles. The quantitative estimate of drug-likeness (QED) is 0.790. The smallest absolute Gasteiger partial charge is 0.265 e. The molecule has 1 aliphatic carbocycles. The van der Waals surface area contributed by atoms with Gasteiger partial charge in [0.1, 0.15) is 5.75 Å². The zero-order chi connectivity index (χ0) is 13.7. The molecule has 0 spiro atoms. The number of allylic oxidation sites excluding steroid dienone is 2. The minimum absolute atomic E-state index is 0.0560. The van der Waals surface area contributed by atoms with E-state index < -0.39 is 0 Å². The molecule has 0 aromatic heterocycles. The van der Waals surface area contributed by atoms with Crippen LogP contribution in [0.2, 0.25) is 0 Å². The van der Waals surface area contributed by atoms with Crippen LogP contribution in [0.15, 0.2) is 48.6 Å². The lowest BCUT2D eigenvalue weighted by Crippen LogP contribution is -2.43. The van der Waals surface area contributed by atoms with Crippen LogP contribution >= 0.6 is 0 Å². The normalized spacial score (nSPS) is 14.5. The number of hydrazine groups is 1. The van der Waals surface area contributed by atoms with Crippen LogP contribution in [0.25, 0.3) is 0 Å². The molecule has 2 rings (SSSR count). The van der Waals surface area contributed by atoms with Crippen molar-refractivity contribution in [1.82, 2.24) is 10.9 Å². The summed E-state index contributed by atoms with van der Waals surface area (Å²) in [6, 6.07) is 6.60.